The van der Waals surface area contributed by atoms with E-state index in [2.05, 4.69) is 26.3 Å². The average Bonchev–Trinajstić information content (AvgIpc) is 3.46. The molecule has 0 radical (unpaired) electrons. The number of hydrogen-bond donors (Lipinski definition) is 2. The number of ether oxygens (including phenoxy) is 1. The van der Waals surface area contributed by atoms with Crippen molar-refractivity contribution in [2.45, 2.75) is 46.1 Å². The van der Waals surface area contributed by atoms with Crippen LogP contribution in [0.15, 0.2) is 18.5 Å². The lowest BCUT2D eigenvalue weighted by Crippen LogP contribution is -2.29. The third-order valence-electron chi connectivity index (χ3n) is 6.55. The molecule has 1 saturated heterocycles. The Hall–Kier alpha value is -3.17. The standard InChI is InChI=1S/C24H29ClN8O/c1-5-19-29-23(26)21-14(3)31-33(24(21)30-19)18-10-17(25)13(2)20(22(18)34-4)15-11-28-32(12-15)16-6-8-27-9-7-16/h10-12,16,27H,5-9H2,1-4H3,(H2,26,29,30). The second-order valence-electron chi connectivity index (χ2n) is 8.68. The minimum absolute atomic E-state index is 0.379. The van der Waals surface area contributed by atoms with Gasteiger partial charge in [-0.3, -0.25) is 4.68 Å². The molecule has 3 N–H and O–H groups in total. The molecule has 1 fully saturated rings. The van der Waals surface area contributed by atoms with Crippen molar-refractivity contribution in [3.63, 3.8) is 0 Å². The fourth-order valence-corrected chi connectivity index (χ4v) is 4.95. The van der Waals surface area contributed by atoms with Crippen molar-refractivity contribution in [1.29, 1.82) is 0 Å². The van der Waals surface area contributed by atoms with Gasteiger partial charge in [0.15, 0.2) is 11.4 Å². The van der Waals surface area contributed by atoms with E-state index in [0.717, 1.165) is 53.7 Å². The van der Waals surface area contributed by atoms with Gasteiger partial charge in [-0.2, -0.15) is 10.2 Å². The van der Waals surface area contributed by atoms with E-state index in [1.165, 1.54) is 0 Å². The van der Waals surface area contributed by atoms with Crippen LogP contribution in [-0.2, 0) is 6.42 Å². The molecule has 4 heterocycles. The molecule has 34 heavy (non-hydrogen) atoms. The number of hydrogen-bond acceptors (Lipinski definition) is 7. The maximum atomic E-state index is 6.76. The monoisotopic (exact) mass is 480 g/mol. The Balaban J connectivity index is 1.71. The third kappa shape index (κ3) is 3.69. The predicted molar refractivity (Wildman–Crippen MR) is 134 cm³/mol. The van der Waals surface area contributed by atoms with Crippen molar-refractivity contribution in [3.8, 4) is 22.6 Å². The van der Waals surface area contributed by atoms with E-state index in [4.69, 9.17) is 32.2 Å². The molecule has 0 aliphatic carbocycles. The summed E-state index contributed by atoms with van der Waals surface area (Å²) >= 11 is 6.76. The van der Waals surface area contributed by atoms with Crippen LogP contribution in [0.3, 0.4) is 0 Å². The van der Waals surface area contributed by atoms with Gasteiger partial charge in [0.2, 0.25) is 0 Å². The minimum Gasteiger partial charge on any atom is -0.494 e. The number of nitrogens with two attached hydrogens (primary N) is 1. The lowest BCUT2D eigenvalue weighted by Gasteiger charge is -2.22. The number of methoxy groups -OCH3 is 1. The Bertz CT molecular complexity index is 1370. The molecule has 1 aliphatic heterocycles. The van der Waals surface area contributed by atoms with Gasteiger partial charge in [0.25, 0.3) is 0 Å². The highest BCUT2D eigenvalue weighted by Crippen LogP contribution is 2.42. The quantitative estimate of drug-likeness (QED) is 0.444. The molecule has 4 aromatic rings. The van der Waals surface area contributed by atoms with Crippen molar-refractivity contribution in [3.05, 3.63) is 40.6 Å². The van der Waals surface area contributed by atoms with Crippen LogP contribution in [0, 0.1) is 13.8 Å². The molecule has 0 spiro atoms. The number of rotatable bonds is 5. The summed E-state index contributed by atoms with van der Waals surface area (Å²) in [5.41, 5.74) is 11.1. The van der Waals surface area contributed by atoms with Gasteiger partial charge in [-0.15, -0.1) is 0 Å². The van der Waals surface area contributed by atoms with E-state index in [1.807, 2.05) is 33.0 Å². The van der Waals surface area contributed by atoms with Crippen LogP contribution in [0.4, 0.5) is 5.82 Å². The molecular weight excluding hydrogens is 452 g/mol. The molecule has 0 bridgehead atoms. The second-order valence-corrected chi connectivity index (χ2v) is 9.08. The molecule has 10 heteroatoms. The normalized spacial score (nSPS) is 14.7. The fourth-order valence-electron chi connectivity index (χ4n) is 4.75. The minimum atomic E-state index is 0.379. The van der Waals surface area contributed by atoms with Crippen LogP contribution in [-0.4, -0.2) is 49.7 Å². The van der Waals surface area contributed by atoms with E-state index in [-0.39, 0.29) is 0 Å². The molecule has 9 nitrogen and oxygen atoms in total. The lowest BCUT2D eigenvalue weighted by atomic mass is 10.0. The smallest absolute Gasteiger partial charge is 0.169 e. The van der Waals surface area contributed by atoms with Gasteiger partial charge in [-0.25, -0.2) is 14.6 Å². The number of nitrogens with zero attached hydrogens (tertiary/aromatic N) is 6. The Morgan fingerprint density at radius 2 is 2.00 bits per heavy atom. The van der Waals surface area contributed by atoms with Crippen molar-refractivity contribution in [2.24, 2.45) is 0 Å². The summed E-state index contributed by atoms with van der Waals surface area (Å²) in [7, 11) is 1.66. The van der Waals surface area contributed by atoms with Crippen molar-refractivity contribution >= 4 is 28.5 Å². The van der Waals surface area contributed by atoms with Gasteiger partial charge < -0.3 is 15.8 Å². The van der Waals surface area contributed by atoms with E-state index >= 15 is 0 Å². The molecule has 5 rings (SSSR count). The summed E-state index contributed by atoms with van der Waals surface area (Å²) in [4.78, 5) is 9.15. The summed E-state index contributed by atoms with van der Waals surface area (Å²) in [6.07, 6.45) is 6.74. The highest BCUT2D eigenvalue weighted by molar-refractivity contribution is 6.32. The number of benzene rings is 1. The van der Waals surface area contributed by atoms with E-state index < -0.39 is 0 Å². The summed E-state index contributed by atoms with van der Waals surface area (Å²) in [5.74, 6) is 1.74. The van der Waals surface area contributed by atoms with E-state index in [1.54, 1.807) is 11.8 Å². The first-order valence-electron chi connectivity index (χ1n) is 11.6. The van der Waals surface area contributed by atoms with Crippen LogP contribution in [0.2, 0.25) is 5.02 Å². The first-order chi connectivity index (χ1) is 16.4. The number of fused-ring (bicyclic) bond motifs is 1. The summed E-state index contributed by atoms with van der Waals surface area (Å²) in [6, 6.07) is 2.25. The number of piperidine rings is 1. The van der Waals surface area contributed by atoms with Crippen molar-refractivity contribution in [2.75, 3.05) is 25.9 Å². The summed E-state index contributed by atoms with van der Waals surface area (Å²) < 4.78 is 9.80. The number of anilines is 1. The van der Waals surface area contributed by atoms with Crippen LogP contribution >= 0.6 is 11.6 Å². The number of halogens is 1. The van der Waals surface area contributed by atoms with Crippen LogP contribution in [0.25, 0.3) is 27.8 Å². The number of nitrogen functional groups attached to an aromatic ring is 1. The molecule has 178 valence electrons. The van der Waals surface area contributed by atoms with Gasteiger partial charge >= 0.3 is 0 Å². The zero-order valence-corrected chi connectivity index (χ0v) is 20.6. The highest BCUT2D eigenvalue weighted by Gasteiger charge is 2.24. The Morgan fingerprint density at radius 1 is 1.24 bits per heavy atom. The van der Waals surface area contributed by atoms with Crippen LogP contribution < -0.4 is 15.8 Å². The summed E-state index contributed by atoms with van der Waals surface area (Å²) in [6.45, 7) is 7.89. The molecule has 0 unspecified atom stereocenters. The van der Waals surface area contributed by atoms with Crippen molar-refractivity contribution in [1.82, 2.24) is 34.8 Å². The Labute approximate surface area is 203 Å². The number of aryl methyl sites for hydroxylation is 2. The molecule has 0 saturated carbocycles. The molecule has 0 amide bonds. The first kappa shape index (κ1) is 22.6. The number of nitrogens with one attached hydrogen (secondary N) is 1. The van der Waals surface area contributed by atoms with Gasteiger partial charge in [0, 0.05) is 28.8 Å². The zero-order valence-electron chi connectivity index (χ0n) is 19.9. The maximum absolute atomic E-state index is 6.76. The third-order valence-corrected chi connectivity index (χ3v) is 6.95. The van der Waals surface area contributed by atoms with Crippen LogP contribution in [0.1, 0.15) is 42.9 Å². The topological polar surface area (TPSA) is 109 Å². The SMILES string of the molecule is CCc1nc(N)c2c(C)nn(-c3cc(Cl)c(C)c(-c4cnn(C5CCNCC5)c4)c3OC)c2n1. The molecule has 0 atom stereocenters. The molecule has 1 aliphatic rings. The van der Waals surface area contributed by atoms with Crippen LogP contribution in [0.5, 0.6) is 5.75 Å². The number of aromatic nitrogens is 6. The molecule has 3 aromatic heterocycles. The molecule has 1 aromatic carbocycles. The predicted octanol–water partition coefficient (Wildman–Crippen LogP) is 4.03. The van der Waals surface area contributed by atoms with Crippen molar-refractivity contribution < 1.29 is 4.74 Å². The second kappa shape index (κ2) is 8.88. The maximum Gasteiger partial charge on any atom is 0.169 e. The van der Waals surface area contributed by atoms with E-state index in [9.17, 15) is 0 Å². The van der Waals surface area contributed by atoms with Gasteiger partial charge in [0.1, 0.15) is 17.3 Å². The molecular formula is C24H29ClN8O. The van der Waals surface area contributed by atoms with E-state index in [0.29, 0.717) is 46.2 Å². The lowest BCUT2D eigenvalue weighted by molar-refractivity contribution is 0.343. The van der Waals surface area contributed by atoms with Gasteiger partial charge in [-0.1, -0.05) is 18.5 Å². The summed E-state index contributed by atoms with van der Waals surface area (Å²) in [5, 5.41) is 14.2. The van der Waals surface area contributed by atoms with Gasteiger partial charge in [0.05, 0.1) is 30.4 Å². The largest absolute Gasteiger partial charge is 0.494 e. The zero-order chi connectivity index (χ0) is 24.0. The first-order valence-corrected chi connectivity index (χ1v) is 11.9. The highest BCUT2D eigenvalue weighted by atomic mass is 35.5. The van der Waals surface area contributed by atoms with Gasteiger partial charge in [-0.05, 0) is 51.4 Å². The Kier molecular flexibility index (Phi) is 5.91. The fraction of sp³-hybridized carbons (Fsp3) is 0.417. The average molecular weight is 481 g/mol. The Morgan fingerprint density at radius 3 is 2.71 bits per heavy atom.